The van der Waals surface area contributed by atoms with E-state index in [1.165, 1.54) is 16.8 Å². The summed E-state index contributed by atoms with van der Waals surface area (Å²) in [6.07, 6.45) is 2.77. The van der Waals surface area contributed by atoms with E-state index in [2.05, 4.69) is 15.3 Å². The monoisotopic (exact) mass is 396 g/mol. The van der Waals surface area contributed by atoms with E-state index < -0.39 is 11.2 Å². The molecule has 1 aromatic carbocycles. The lowest BCUT2D eigenvalue weighted by Gasteiger charge is -2.09. The molecular weight excluding hydrogens is 372 g/mol. The highest BCUT2D eigenvalue weighted by molar-refractivity contribution is 5.96. The molecule has 0 spiro atoms. The lowest BCUT2D eigenvalue weighted by molar-refractivity contribution is 0.0934. The van der Waals surface area contributed by atoms with E-state index in [4.69, 9.17) is 4.74 Å². The molecule has 2 heterocycles. The molecule has 0 aliphatic rings. The van der Waals surface area contributed by atoms with Crippen LogP contribution in [0.15, 0.2) is 52.2 Å². The highest BCUT2D eigenvalue weighted by atomic mass is 16.5. The molecule has 0 aliphatic carbocycles. The van der Waals surface area contributed by atoms with Gasteiger partial charge in [-0.1, -0.05) is 37.3 Å². The minimum absolute atomic E-state index is 0.219. The van der Waals surface area contributed by atoms with Gasteiger partial charge in [-0.25, -0.2) is 9.78 Å². The van der Waals surface area contributed by atoms with E-state index >= 15 is 0 Å². The van der Waals surface area contributed by atoms with Crippen LogP contribution < -0.4 is 16.6 Å². The molecule has 1 amide bonds. The van der Waals surface area contributed by atoms with E-state index in [9.17, 15) is 14.4 Å². The molecule has 0 saturated carbocycles. The molecule has 8 heteroatoms. The van der Waals surface area contributed by atoms with E-state index in [0.717, 1.165) is 12.0 Å². The molecular formula is C21H24N4O4. The number of carbonyl (C=O) groups excluding carboxylic acids is 1. The van der Waals surface area contributed by atoms with Gasteiger partial charge in [0.25, 0.3) is 11.5 Å². The second kappa shape index (κ2) is 9.79. The normalized spacial score (nSPS) is 10.9. The Hall–Kier alpha value is -3.26. The summed E-state index contributed by atoms with van der Waals surface area (Å²) in [6, 6.07) is 11.3. The number of benzene rings is 1. The summed E-state index contributed by atoms with van der Waals surface area (Å²) in [5.41, 5.74) is 0.616. The summed E-state index contributed by atoms with van der Waals surface area (Å²) in [5.74, 6) is -0.324. The first-order valence-electron chi connectivity index (χ1n) is 9.63. The van der Waals surface area contributed by atoms with Crippen molar-refractivity contribution in [2.24, 2.45) is 0 Å². The summed E-state index contributed by atoms with van der Waals surface area (Å²) in [5, 5.41) is 3.01. The van der Waals surface area contributed by atoms with Crippen molar-refractivity contribution in [3.05, 3.63) is 74.6 Å². The number of carbonyl (C=O) groups is 1. The smallest absolute Gasteiger partial charge is 0.329 e. The molecule has 0 bridgehead atoms. The lowest BCUT2D eigenvalue weighted by Crippen LogP contribution is -2.31. The van der Waals surface area contributed by atoms with Gasteiger partial charge in [-0.15, -0.1) is 0 Å². The molecule has 0 aliphatic heterocycles. The number of hydrogen-bond acceptors (Lipinski definition) is 5. The van der Waals surface area contributed by atoms with Crippen LogP contribution in [0.1, 0.15) is 35.7 Å². The van der Waals surface area contributed by atoms with Gasteiger partial charge in [-0.2, -0.15) is 0 Å². The van der Waals surface area contributed by atoms with Gasteiger partial charge in [0.05, 0.1) is 17.6 Å². The number of nitrogens with one attached hydrogen (secondary N) is 2. The third kappa shape index (κ3) is 5.17. The number of H-pyrrole nitrogens is 1. The van der Waals surface area contributed by atoms with Gasteiger partial charge in [0, 0.05) is 25.9 Å². The van der Waals surface area contributed by atoms with Crippen molar-refractivity contribution in [2.75, 3.05) is 13.2 Å². The Balaban J connectivity index is 1.57. The average molecular weight is 396 g/mol. The summed E-state index contributed by atoms with van der Waals surface area (Å²) < 4.78 is 6.99. The number of aromatic amines is 1. The van der Waals surface area contributed by atoms with Crippen molar-refractivity contribution in [3.63, 3.8) is 0 Å². The minimum Gasteiger partial charge on any atom is -0.377 e. The molecule has 29 heavy (non-hydrogen) atoms. The molecule has 2 N–H and O–H groups in total. The number of pyridine rings is 1. The van der Waals surface area contributed by atoms with Crippen LogP contribution in [-0.4, -0.2) is 33.6 Å². The number of aryl methyl sites for hydroxylation is 1. The van der Waals surface area contributed by atoms with Crippen molar-refractivity contribution in [1.29, 1.82) is 0 Å². The van der Waals surface area contributed by atoms with Crippen molar-refractivity contribution in [3.8, 4) is 0 Å². The second-order valence-electron chi connectivity index (χ2n) is 6.65. The largest absolute Gasteiger partial charge is 0.377 e. The average Bonchev–Trinajstić information content (AvgIpc) is 2.74. The van der Waals surface area contributed by atoms with Crippen LogP contribution in [0.25, 0.3) is 11.0 Å². The Kier molecular flexibility index (Phi) is 6.91. The predicted octanol–water partition coefficient (Wildman–Crippen LogP) is 1.83. The van der Waals surface area contributed by atoms with E-state index in [-0.39, 0.29) is 22.5 Å². The van der Waals surface area contributed by atoms with E-state index in [1.54, 1.807) is 0 Å². The first-order chi connectivity index (χ1) is 14.1. The van der Waals surface area contributed by atoms with Crippen molar-refractivity contribution < 1.29 is 9.53 Å². The van der Waals surface area contributed by atoms with Crippen LogP contribution >= 0.6 is 0 Å². The zero-order valence-corrected chi connectivity index (χ0v) is 16.3. The fourth-order valence-corrected chi connectivity index (χ4v) is 2.97. The topological polar surface area (TPSA) is 106 Å². The summed E-state index contributed by atoms with van der Waals surface area (Å²) in [7, 11) is 0. The Morgan fingerprint density at radius 1 is 1.24 bits per heavy atom. The quantitative estimate of drug-likeness (QED) is 0.537. The zero-order valence-electron chi connectivity index (χ0n) is 16.3. The third-order valence-corrected chi connectivity index (χ3v) is 4.40. The zero-order chi connectivity index (χ0) is 20.6. The number of amides is 1. The lowest BCUT2D eigenvalue weighted by atomic mass is 10.2. The Bertz CT molecular complexity index is 1090. The fourth-order valence-electron chi connectivity index (χ4n) is 2.97. The summed E-state index contributed by atoms with van der Waals surface area (Å²) >= 11 is 0. The van der Waals surface area contributed by atoms with Gasteiger partial charge >= 0.3 is 5.69 Å². The maximum absolute atomic E-state index is 12.4. The molecule has 0 unspecified atom stereocenters. The predicted molar refractivity (Wildman–Crippen MR) is 110 cm³/mol. The molecule has 0 atom stereocenters. The van der Waals surface area contributed by atoms with Gasteiger partial charge in [0.2, 0.25) is 0 Å². The number of hydrogen-bond donors (Lipinski definition) is 2. The highest BCUT2D eigenvalue weighted by Gasteiger charge is 2.12. The maximum Gasteiger partial charge on any atom is 0.329 e. The van der Waals surface area contributed by atoms with Crippen molar-refractivity contribution >= 4 is 16.9 Å². The molecule has 0 fully saturated rings. The van der Waals surface area contributed by atoms with Crippen LogP contribution in [0.4, 0.5) is 0 Å². The third-order valence-electron chi connectivity index (χ3n) is 4.40. The van der Waals surface area contributed by atoms with Gasteiger partial charge in [-0.05, 0) is 24.5 Å². The number of aromatic nitrogens is 3. The molecule has 8 nitrogen and oxygen atoms in total. The molecule has 3 rings (SSSR count). The summed E-state index contributed by atoms with van der Waals surface area (Å²) in [4.78, 5) is 42.9. The highest BCUT2D eigenvalue weighted by Crippen LogP contribution is 2.08. The van der Waals surface area contributed by atoms with Crippen LogP contribution in [0.5, 0.6) is 0 Å². The summed E-state index contributed by atoms with van der Waals surface area (Å²) in [6.45, 7) is 3.86. The van der Waals surface area contributed by atoms with Crippen LogP contribution in [0, 0.1) is 0 Å². The standard InChI is InChI=1S/C21H24N4O4/c1-2-10-25-18-17(20(27)24-21(25)28)12-16(13-23-18)19(26)22-9-6-11-29-14-15-7-4-3-5-8-15/h3-5,7-8,12-13H,2,6,9-11,14H2,1H3,(H,22,26)(H,24,27,28). The van der Waals surface area contributed by atoms with Gasteiger partial charge < -0.3 is 10.1 Å². The van der Waals surface area contributed by atoms with Gasteiger partial charge in [0.1, 0.15) is 5.65 Å². The number of rotatable bonds is 9. The Morgan fingerprint density at radius 2 is 2.03 bits per heavy atom. The van der Waals surface area contributed by atoms with Gasteiger partial charge in [0.15, 0.2) is 0 Å². The first-order valence-corrected chi connectivity index (χ1v) is 9.63. The second-order valence-corrected chi connectivity index (χ2v) is 6.65. The maximum atomic E-state index is 12.4. The molecule has 0 saturated heterocycles. The van der Waals surface area contributed by atoms with Crippen LogP contribution in [0.2, 0.25) is 0 Å². The minimum atomic E-state index is -0.547. The first kappa shape index (κ1) is 20.5. The van der Waals surface area contributed by atoms with Crippen LogP contribution in [0.3, 0.4) is 0 Å². The van der Waals surface area contributed by atoms with E-state index in [1.807, 2.05) is 37.3 Å². The molecule has 152 valence electrons. The van der Waals surface area contributed by atoms with Gasteiger partial charge in [-0.3, -0.25) is 19.1 Å². The number of fused-ring (bicyclic) bond motifs is 1. The Morgan fingerprint density at radius 3 is 2.79 bits per heavy atom. The molecule has 0 radical (unpaired) electrons. The molecule has 3 aromatic rings. The molecule has 2 aromatic heterocycles. The Labute approximate surface area is 167 Å². The SMILES string of the molecule is CCCn1c(=O)[nH]c(=O)c2cc(C(=O)NCCCOCc3ccccc3)cnc21. The van der Waals surface area contributed by atoms with E-state index in [0.29, 0.717) is 32.7 Å². The number of ether oxygens (including phenoxy) is 1. The fraction of sp³-hybridized carbons (Fsp3) is 0.333. The van der Waals surface area contributed by atoms with Crippen LogP contribution in [-0.2, 0) is 17.9 Å². The van der Waals surface area contributed by atoms with Crippen molar-refractivity contribution in [2.45, 2.75) is 32.9 Å². The number of nitrogens with zero attached hydrogens (tertiary/aromatic N) is 2. The van der Waals surface area contributed by atoms with Crippen molar-refractivity contribution in [1.82, 2.24) is 19.9 Å².